The molecule has 0 aromatic heterocycles. The molecule has 1 aliphatic heterocycles. The first-order chi connectivity index (χ1) is 8.65. The standard InChI is InChI=1S/C15H22FNO/c1-3-12-7-4-5-10-17(12)14-9-6-8-13(16)15(14)11(2)18/h6,8-9,11-12,18H,3-5,7,10H2,1-2H3/t11-,12?/m1/s1. The minimum atomic E-state index is -0.763. The maximum absolute atomic E-state index is 13.9. The maximum atomic E-state index is 13.9. The third-order valence-electron chi connectivity index (χ3n) is 3.86. The lowest BCUT2D eigenvalue weighted by molar-refractivity contribution is 0.194. The van der Waals surface area contributed by atoms with E-state index in [0.717, 1.165) is 31.5 Å². The first-order valence-corrected chi connectivity index (χ1v) is 6.88. The average molecular weight is 251 g/mol. The van der Waals surface area contributed by atoms with Gasteiger partial charge in [0.1, 0.15) is 5.82 Å². The molecule has 0 spiro atoms. The van der Waals surface area contributed by atoms with Gasteiger partial charge in [0, 0.05) is 23.8 Å². The number of aliphatic hydroxyl groups is 1. The molecule has 1 N–H and O–H groups in total. The Bertz CT molecular complexity index is 405. The van der Waals surface area contributed by atoms with E-state index in [1.807, 2.05) is 6.07 Å². The fourth-order valence-corrected chi connectivity index (χ4v) is 2.93. The average Bonchev–Trinajstić information content (AvgIpc) is 2.38. The number of halogens is 1. The highest BCUT2D eigenvalue weighted by atomic mass is 19.1. The van der Waals surface area contributed by atoms with Gasteiger partial charge < -0.3 is 10.0 Å². The molecule has 1 aromatic rings. The van der Waals surface area contributed by atoms with Gasteiger partial charge in [0.05, 0.1) is 6.10 Å². The molecule has 1 fully saturated rings. The number of hydrogen-bond acceptors (Lipinski definition) is 2. The summed E-state index contributed by atoms with van der Waals surface area (Å²) in [5, 5.41) is 9.81. The van der Waals surface area contributed by atoms with E-state index in [1.165, 1.54) is 12.5 Å². The second-order valence-electron chi connectivity index (χ2n) is 5.10. The van der Waals surface area contributed by atoms with Gasteiger partial charge in [-0.15, -0.1) is 0 Å². The highest BCUT2D eigenvalue weighted by Gasteiger charge is 2.25. The van der Waals surface area contributed by atoms with Crippen LogP contribution in [0.5, 0.6) is 0 Å². The molecule has 0 aliphatic carbocycles. The van der Waals surface area contributed by atoms with Crippen molar-refractivity contribution in [2.75, 3.05) is 11.4 Å². The molecule has 1 unspecified atom stereocenters. The van der Waals surface area contributed by atoms with Crippen molar-refractivity contribution in [3.05, 3.63) is 29.6 Å². The summed E-state index contributed by atoms with van der Waals surface area (Å²) in [4.78, 5) is 2.27. The van der Waals surface area contributed by atoms with Gasteiger partial charge in [0.25, 0.3) is 0 Å². The van der Waals surface area contributed by atoms with Crippen LogP contribution in [0.25, 0.3) is 0 Å². The molecule has 0 radical (unpaired) electrons. The minimum Gasteiger partial charge on any atom is -0.389 e. The summed E-state index contributed by atoms with van der Waals surface area (Å²) < 4.78 is 13.9. The highest BCUT2D eigenvalue weighted by Crippen LogP contribution is 2.33. The largest absolute Gasteiger partial charge is 0.389 e. The van der Waals surface area contributed by atoms with Gasteiger partial charge in [0.15, 0.2) is 0 Å². The molecule has 0 bridgehead atoms. The van der Waals surface area contributed by atoms with Gasteiger partial charge in [-0.05, 0) is 44.7 Å². The third kappa shape index (κ3) is 2.51. The van der Waals surface area contributed by atoms with Crippen molar-refractivity contribution in [3.63, 3.8) is 0 Å². The predicted molar refractivity (Wildman–Crippen MR) is 72.3 cm³/mol. The highest BCUT2D eigenvalue weighted by molar-refractivity contribution is 5.56. The van der Waals surface area contributed by atoms with Crippen molar-refractivity contribution in [1.82, 2.24) is 0 Å². The first kappa shape index (κ1) is 13.3. The van der Waals surface area contributed by atoms with E-state index in [1.54, 1.807) is 13.0 Å². The van der Waals surface area contributed by atoms with Crippen LogP contribution in [0.15, 0.2) is 18.2 Å². The molecule has 2 rings (SSSR count). The van der Waals surface area contributed by atoms with Gasteiger partial charge in [0.2, 0.25) is 0 Å². The van der Waals surface area contributed by atoms with E-state index < -0.39 is 6.10 Å². The predicted octanol–water partition coefficient (Wildman–Crippen LogP) is 3.65. The molecule has 100 valence electrons. The van der Waals surface area contributed by atoms with Crippen molar-refractivity contribution >= 4 is 5.69 Å². The molecular formula is C15H22FNO. The SMILES string of the molecule is CCC1CCCCN1c1cccc(F)c1[C@@H](C)O. The van der Waals surface area contributed by atoms with Crippen LogP contribution in [-0.4, -0.2) is 17.7 Å². The van der Waals surface area contributed by atoms with Gasteiger partial charge in [-0.3, -0.25) is 0 Å². The van der Waals surface area contributed by atoms with Crippen LogP contribution >= 0.6 is 0 Å². The summed E-state index contributed by atoms with van der Waals surface area (Å²) in [5.41, 5.74) is 1.31. The number of benzene rings is 1. The summed E-state index contributed by atoms with van der Waals surface area (Å²) in [5.74, 6) is -0.303. The molecule has 0 saturated carbocycles. The zero-order valence-electron chi connectivity index (χ0n) is 11.2. The second-order valence-corrected chi connectivity index (χ2v) is 5.10. The fraction of sp³-hybridized carbons (Fsp3) is 0.600. The molecule has 3 heteroatoms. The molecule has 1 aromatic carbocycles. The lowest BCUT2D eigenvalue weighted by atomic mass is 9.97. The molecule has 1 aliphatic rings. The lowest BCUT2D eigenvalue weighted by Gasteiger charge is -2.38. The third-order valence-corrected chi connectivity index (χ3v) is 3.86. The van der Waals surface area contributed by atoms with Crippen molar-refractivity contribution < 1.29 is 9.50 Å². The van der Waals surface area contributed by atoms with Crippen LogP contribution in [-0.2, 0) is 0 Å². The van der Waals surface area contributed by atoms with E-state index in [2.05, 4.69) is 11.8 Å². The Morgan fingerprint density at radius 1 is 1.44 bits per heavy atom. The lowest BCUT2D eigenvalue weighted by Crippen LogP contribution is -2.39. The van der Waals surface area contributed by atoms with Gasteiger partial charge in [-0.25, -0.2) is 4.39 Å². The summed E-state index contributed by atoms with van der Waals surface area (Å²) in [6, 6.07) is 5.56. The summed E-state index contributed by atoms with van der Waals surface area (Å²) in [6.45, 7) is 4.76. The summed E-state index contributed by atoms with van der Waals surface area (Å²) >= 11 is 0. The summed E-state index contributed by atoms with van der Waals surface area (Å²) in [7, 11) is 0. The van der Waals surface area contributed by atoms with Gasteiger partial charge in [-0.1, -0.05) is 13.0 Å². The normalized spacial score (nSPS) is 22.0. The van der Waals surface area contributed by atoms with Crippen LogP contribution in [0.3, 0.4) is 0 Å². The molecule has 1 heterocycles. The number of nitrogens with zero attached hydrogens (tertiary/aromatic N) is 1. The number of aliphatic hydroxyl groups excluding tert-OH is 1. The van der Waals surface area contributed by atoms with Crippen LogP contribution in [0.2, 0.25) is 0 Å². The van der Waals surface area contributed by atoms with Crippen molar-refractivity contribution in [1.29, 1.82) is 0 Å². The van der Waals surface area contributed by atoms with E-state index >= 15 is 0 Å². The zero-order valence-corrected chi connectivity index (χ0v) is 11.2. The zero-order chi connectivity index (χ0) is 13.1. The second kappa shape index (κ2) is 5.70. The Labute approximate surface area is 108 Å². The quantitative estimate of drug-likeness (QED) is 0.886. The van der Waals surface area contributed by atoms with Crippen LogP contribution < -0.4 is 4.90 Å². The number of rotatable bonds is 3. The van der Waals surface area contributed by atoms with Gasteiger partial charge >= 0.3 is 0 Å². The van der Waals surface area contributed by atoms with E-state index in [4.69, 9.17) is 0 Å². The van der Waals surface area contributed by atoms with Crippen LogP contribution in [0.1, 0.15) is 51.2 Å². The Balaban J connectivity index is 2.39. The smallest absolute Gasteiger partial charge is 0.131 e. The summed E-state index contributed by atoms with van der Waals surface area (Å²) in [6.07, 6.45) is 3.85. The monoisotopic (exact) mass is 251 g/mol. The Kier molecular flexibility index (Phi) is 4.23. The Morgan fingerprint density at radius 2 is 2.22 bits per heavy atom. The van der Waals surface area contributed by atoms with Crippen molar-refractivity contribution in [2.24, 2.45) is 0 Å². The number of anilines is 1. The minimum absolute atomic E-state index is 0.303. The number of hydrogen-bond donors (Lipinski definition) is 1. The molecule has 0 amide bonds. The molecule has 18 heavy (non-hydrogen) atoms. The van der Waals surface area contributed by atoms with Gasteiger partial charge in [-0.2, -0.15) is 0 Å². The fourth-order valence-electron chi connectivity index (χ4n) is 2.93. The molecule has 2 atom stereocenters. The van der Waals surface area contributed by atoms with Crippen molar-refractivity contribution in [3.8, 4) is 0 Å². The van der Waals surface area contributed by atoms with Crippen LogP contribution in [0.4, 0.5) is 10.1 Å². The molecule has 1 saturated heterocycles. The first-order valence-electron chi connectivity index (χ1n) is 6.88. The van der Waals surface area contributed by atoms with Crippen molar-refractivity contribution in [2.45, 2.75) is 51.7 Å². The molecular weight excluding hydrogens is 229 g/mol. The Morgan fingerprint density at radius 3 is 2.89 bits per heavy atom. The maximum Gasteiger partial charge on any atom is 0.131 e. The Hall–Kier alpha value is -1.09. The van der Waals surface area contributed by atoms with E-state index in [0.29, 0.717) is 11.6 Å². The van der Waals surface area contributed by atoms with E-state index in [-0.39, 0.29) is 5.82 Å². The number of piperidine rings is 1. The van der Waals surface area contributed by atoms with E-state index in [9.17, 15) is 9.50 Å². The molecule has 2 nitrogen and oxygen atoms in total. The topological polar surface area (TPSA) is 23.5 Å². The van der Waals surface area contributed by atoms with Crippen LogP contribution in [0, 0.1) is 5.82 Å².